The van der Waals surface area contributed by atoms with E-state index >= 15 is 0 Å². The standard InChI is InChI=1S/C15H31NO/c1-10(2)11(3)12(4)17-15(7,8)13-9-14(5,6)16-13/h10-13,16H,9H2,1-8H3. The van der Waals surface area contributed by atoms with E-state index in [1.54, 1.807) is 0 Å². The minimum atomic E-state index is -0.0713. The lowest BCUT2D eigenvalue weighted by Gasteiger charge is -2.52. The molecule has 0 spiro atoms. The lowest BCUT2D eigenvalue weighted by molar-refractivity contribution is -0.133. The Morgan fingerprint density at radius 1 is 1.18 bits per heavy atom. The molecule has 3 unspecified atom stereocenters. The summed E-state index contributed by atoms with van der Waals surface area (Å²) in [6, 6.07) is 0.485. The fourth-order valence-corrected chi connectivity index (χ4v) is 2.59. The van der Waals surface area contributed by atoms with E-state index in [9.17, 15) is 0 Å². The Morgan fingerprint density at radius 2 is 1.65 bits per heavy atom. The first kappa shape index (κ1) is 15.0. The topological polar surface area (TPSA) is 21.3 Å². The van der Waals surface area contributed by atoms with Crippen molar-refractivity contribution in [1.29, 1.82) is 0 Å². The molecule has 1 rings (SSSR count). The fourth-order valence-electron chi connectivity index (χ4n) is 2.59. The third kappa shape index (κ3) is 3.69. The van der Waals surface area contributed by atoms with Gasteiger partial charge < -0.3 is 10.1 Å². The van der Waals surface area contributed by atoms with Crippen LogP contribution in [0, 0.1) is 11.8 Å². The Kier molecular flexibility index (Phi) is 4.31. The van der Waals surface area contributed by atoms with Gasteiger partial charge >= 0.3 is 0 Å². The van der Waals surface area contributed by atoms with Crippen molar-refractivity contribution in [2.24, 2.45) is 11.8 Å². The van der Waals surface area contributed by atoms with Gasteiger partial charge in [0.25, 0.3) is 0 Å². The molecule has 102 valence electrons. The zero-order valence-electron chi connectivity index (χ0n) is 12.9. The highest BCUT2D eigenvalue weighted by Gasteiger charge is 2.45. The highest BCUT2D eigenvalue weighted by molar-refractivity contribution is 5.04. The Bertz CT molecular complexity index is 250. The first-order chi connectivity index (χ1) is 7.55. The molecule has 1 fully saturated rings. The van der Waals surface area contributed by atoms with Gasteiger partial charge in [0, 0.05) is 11.6 Å². The van der Waals surface area contributed by atoms with Crippen molar-refractivity contribution in [3.8, 4) is 0 Å². The summed E-state index contributed by atoms with van der Waals surface area (Å²) in [7, 11) is 0. The number of hydrogen-bond acceptors (Lipinski definition) is 2. The third-order valence-corrected chi connectivity index (χ3v) is 4.40. The van der Waals surface area contributed by atoms with Gasteiger partial charge in [-0.05, 0) is 52.9 Å². The normalized spacial score (nSPS) is 27.7. The summed E-state index contributed by atoms with van der Waals surface area (Å²) in [6.07, 6.45) is 1.51. The summed E-state index contributed by atoms with van der Waals surface area (Å²) in [4.78, 5) is 0. The summed E-state index contributed by atoms with van der Waals surface area (Å²) in [5.41, 5.74) is 0.219. The molecule has 3 atom stereocenters. The van der Waals surface area contributed by atoms with Crippen LogP contribution in [0.15, 0.2) is 0 Å². The lowest BCUT2D eigenvalue weighted by atomic mass is 9.77. The zero-order valence-corrected chi connectivity index (χ0v) is 12.9. The van der Waals surface area contributed by atoms with Crippen molar-refractivity contribution >= 4 is 0 Å². The van der Waals surface area contributed by atoms with Gasteiger partial charge in [-0.1, -0.05) is 20.8 Å². The summed E-state index contributed by atoms with van der Waals surface area (Å²) >= 11 is 0. The second-order valence-corrected chi connectivity index (χ2v) is 7.31. The van der Waals surface area contributed by atoms with Gasteiger partial charge in [0.1, 0.15) is 0 Å². The summed E-state index contributed by atoms with van der Waals surface area (Å²) in [6.45, 7) is 17.9. The maximum atomic E-state index is 6.30. The minimum absolute atomic E-state index is 0.0713. The van der Waals surface area contributed by atoms with Gasteiger partial charge in [0.15, 0.2) is 0 Å². The van der Waals surface area contributed by atoms with Crippen LogP contribution >= 0.6 is 0 Å². The lowest BCUT2D eigenvalue weighted by Crippen LogP contribution is -2.68. The second kappa shape index (κ2) is 4.89. The van der Waals surface area contributed by atoms with Crippen molar-refractivity contribution in [2.45, 2.75) is 85.1 Å². The van der Waals surface area contributed by atoms with Crippen LogP contribution in [0.1, 0.15) is 61.8 Å². The predicted octanol–water partition coefficient (Wildman–Crippen LogP) is 3.60. The van der Waals surface area contributed by atoms with E-state index in [1.807, 2.05) is 0 Å². The summed E-state index contributed by atoms with van der Waals surface area (Å²) < 4.78 is 6.30. The fraction of sp³-hybridized carbons (Fsp3) is 1.00. The van der Waals surface area contributed by atoms with E-state index in [2.05, 4.69) is 60.7 Å². The molecule has 0 aromatic heterocycles. The molecule has 0 aromatic carbocycles. The Balaban J connectivity index is 2.50. The molecule has 0 amide bonds. The molecule has 17 heavy (non-hydrogen) atoms. The highest BCUT2D eigenvalue weighted by atomic mass is 16.5. The van der Waals surface area contributed by atoms with E-state index in [0.29, 0.717) is 24.0 Å². The van der Waals surface area contributed by atoms with Gasteiger partial charge in [-0.15, -0.1) is 0 Å². The van der Waals surface area contributed by atoms with Gasteiger partial charge in [0.2, 0.25) is 0 Å². The molecule has 0 radical (unpaired) electrons. The smallest absolute Gasteiger partial charge is 0.0783 e. The van der Waals surface area contributed by atoms with Crippen LogP contribution in [0.25, 0.3) is 0 Å². The summed E-state index contributed by atoms with van der Waals surface area (Å²) in [5.74, 6) is 1.27. The zero-order chi connectivity index (χ0) is 13.4. The molecule has 1 aliphatic rings. The third-order valence-electron chi connectivity index (χ3n) is 4.40. The van der Waals surface area contributed by atoms with Crippen LogP contribution in [0.4, 0.5) is 0 Å². The number of hydrogen-bond donors (Lipinski definition) is 1. The molecule has 0 aromatic rings. The van der Waals surface area contributed by atoms with E-state index in [1.165, 1.54) is 6.42 Å². The van der Waals surface area contributed by atoms with Crippen LogP contribution < -0.4 is 5.32 Å². The molecule has 0 bridgehead atoms. The molecule has 0 saturated carbocycles. The van der Waals surface area contributed by atoms with Gasteiger partial charge in [0.05, 0.1) is 11.7 Å². The monoisotopic (exact) mass is 241 g/mol. The molecule has 1 heterocycles. The maximum Gasteiger partial charge on any atom is 0.0783 e. The number of ether oxygens (including phenoxy) is 1. The number of rotatable bonds is 5. The Morgan fingerprint density at radius 3 is 2.00 bits per heavy atom. The molecule has 1 aliphatic heterocycles. The highest BCUT2D eigenvalue weighted by Crippen LogP contribution is 2.34. The summed E-state index contributed by atoms with van der Waals surface area (Å²) in [5, 5.41) is 3.61. The maximum absolute atomic E-state index is 6.30. The van der Waals surface area contributed by atoms with Gasteiger partial charge in [-0.3, -0.25) is 0 Å². The van der Waals surface area contributed by atoms with Crippen molar-refractivity contribution in [1.82, 2.24) is 5.32 Å². The van der Waals surface area contributed by atoms with Crippen LogP contribution in [0.5, 0.6) is 0 Å². The van der Waals surface area contributed by atoms with Crippen molar-refractivity contribution in [3.63, 3.8) is 0 Å². The predicted molar refractivity (Wildman–Crippen MR) is 74.2 cm³/mol. The van der Waals surface area contributed by atoms with E-state index in [-0.39, 0.29) is 11.1 Å². The molecule has 0 aliphatic carbocycles. The molecule has 1 saturated heterocycles. The first-order valence-corrected chi connectivity index (χ1v) is 7.01. The van der Waals surface area contributed by atoms with Gasteiger partial charge in [-0.25, -0.2) is 0 Å². The average molecular weight is 241 g/mol. The van der Waals surface area contributed by atoms with E-state index in [4.69, 9.17) is 4.74 Å². The van der Waals surface area contributed by atoms with Crippen molar-refractivity contribution in [2.75, 3.05) is 0 Å². The largest absolute Gasteiger partial charge is 0.371 e. The van der Waals surface area contributed by atoms with Crippen LogP contribution in [-0.2, 0) is 4.74 Å². The average Bonchev–Trinajstić information content (AvgIpc) is 2.11. The number of nitrogens with one attached hydrogen (secondary N) is 1. The van der Waals surface area contributed by atoms with Crippen LogP contribution in [-0.4, -0.2) is 23.3 Å². The van der Waals surface area contributed by atoms with E-state index < -0.39 is 0 Å². The molecule has 1 N–H and O–H groups in total. The quantitative estimate of drug-likeness (QED) is 0.794. The molecular formula is C15H31NO. The molecule has 2 nitrogen and oxygen atoms in total. The van der Waals surface area contributed by atoms with Crippen LogP contribution in [0.3, 0.4) is 0 Å². The van der Waals surface area contributed by atoms with Crippen molar-refractivity contribution < 1.29 is 4.74 Å². The Labute approximate surface area is 108 Å². The van der Waals surface area contributed by atoms with Crippen LogP contribution in [0.2, 0.25) is 0 Å². The first-order valence-electron chi connectivity index (χ1n) is 7.01. The SMILES string of the molecule is CC(C)C(C)C(C)OC(C)(C)C1CC(C)(C)N1. The van der Waals surface area contributed by atoms with Crippen molar-refractivity contribution in [3.05, 3.63) is 0 Å². The molecular weight excluding hydrogens is 210 g/mol. The molecule has 2 heteroatoms. The van der Waals surface area contributed by atoms with Gasteiger partial charge in [-0.2, -0.15) is 0 Å². The second-order valence-electron chi connectivity index (χ2n) is 7.31. The van der Waals surface area contributed by atoms with E-state index in [0.717, 1.165) is 0 Å². The Hall–Kier alpha value is -0.0800. The minimum Gasteiger partial charge on any atom is -0.371 e.